The van der Waals surface area contributed by atoms with Gasteiger partial charge in [0.25, 0.3) is 0 Å². The second-order valence-corrected chi connectivity index (χ2v) is 4.98. The minimum Gasteiger partial charge on any atom is -0.367 e. The summed E-state index contributed by atoms with van der Waals surface area (Å²) in [7, 11) is 0. The average molecular weight is 265 g/mol. The van der Waals surface area contributed by atoms with Crippen molar-refractivity contribution >= 4 is 5.78 Å². The first-order valence-corrected chi connectivity index (χ1v) is 6.76. The number of rotatable bonds is 4. The van der Waals surface area contributed by atoms with Crippen molar-refractivity contribution in [1.82, 2.24) is 4.90 Å². The molecule has 0 bridgehead atoms. The van der Waals surface area contributed by atoms with Gasteiger partial charge in [-0.2, -0.15) is 0 Å². The third kappa shape index (κ3) is 3.39. The van der Waals surface area contributed by atoms with E-state index in [-0.39, 0.29) is 11.6 Å². The first kappa shape index (κ1) is 14.2. The fraction of sp³-hybridized carbons (Fsp3) is 0.533. The van der Waals surface area contributed by atoms with Gasteiger partial charge in [0.15, 0.2) is 5.78 Å². The van der Waals surface area contributed by atoms with Crippen LogP contribution in [-0.4, -0.2) is 43.0 Å². The fourth-order valence-electron chi connectivity index (χ4n) is 2.46. The minimum absolute atomic E-state index is 0.0432. The van der Waals surface area contributed by atoms with Crippen molar-refractivity contribution in [2.24, 2.45) is 0 Å². The second kappa shape index (κ2) is 6.26. The molecule has 1 aromatic rings. The highest BCUT2D eigenvalue weighted by molar-refractivity contribution is 6.00. The molecule has 0 saturated carbocycles. The van der Waals surface area contributed by atoms with E-state index in [9.17, 15) is 9.18 Å². The second-order valence-electron chi connectivity index (χ2n) is 4.98. The summed E-state index contributed by atoms with van der Waals surface area (Å²) in [6.45, 7) is 6.94. The third-order valence-electron chi connectivity index (χ3n) is 3.44. The summed E-state index contributed by atoms with van der Waals surface area (Å²) < 4.78 is 18.6. The van der Waals surface area contributed by atoms with Crippen LogP contribution in [0.15, 0.2) is 18.2 Å². The number of aryl methyl sites for hydroxylation is 1. The van der Waals surface area contributed by atoms with Crippen molar-refractivity contribution in [3.05, 3.63) is 35.1 Å². The van der Waals surface area contributed by atoms with Crippen LogP contribution < -0.4 is 0 Å². The standard InChI is InChI=1S/C15H20FNO2/c1-3-6-17-7-8-19-14(10-17)15(18)13-5-4-12(16)9-11(13)2/h4-5,9,14H,3,6-8,10H2,1-2H3. The molecule has 1 unspecified atom stereocenters. The van der Waals surface area contributed by atoms with Gasteiger partial charge < -0.3 is 4.74 Å². The lowest BCUT2D eigenvalue weighted by molar-refractivity contribution is -0.0164. The highest BCUT2D eigenvalue weighted by Gasteiger charge is 2.27. The van der Waals surface area contributed by atoms with Gasteiger partial charge in [-0.05, 0) is 43.7 Å². The molecule has 2 rings (SSSR count). The molecule has 1 aliphatic heterocycles. The largest absolute Gasteiger partial charge is 0.367 e. The van der Waals surface area contributed by atoms with Gasteiger partial charge in [0, 0.05) is 18.7 Å². The molecule has 1 fully saturated rings. The maximum atomic E-state index is 13.1. The number of halogens is 1. The Morgan fingerprint density at radius 2 is 2.32 bits per heavy atom. The van der Waals surface area contributed by atoms with Crippen LogP contribution in [-0.2, 0) is 4.74 Å². The van der Waals surface area contributed by atoms with Crippen LogP contribution in [0.5, 0.6) is 0 Å². The number of hydrogen-bond acceptors (Lipinski definition) is 3. The molecule has 1 saturated heterocycles. The lowest BCUT2D eigenvalue weighted by Crippen LogP contribution is -2.46. The summed E-state index contributed by atoms with van der Waals surface area (Å²) in [5.41, 5.74) is 1.23. The van der Waals surface area contributed by atoms with Crippen molar-refractivity contribution in [2.45, 2.75) is 26.4 Å². The van der Waals surface area contributed by atoms with Crippen molar-refractivity contribution in [2.75, 3.05) is 26.2 Å². The van der Waals surface area contributed by atoms with E-state index in [1.165, 1.54) is 12.1 Å². The molecule has 0 aliphatic carbocycles. The molecule has 1 aliphatic rings. The molecule has 0 aromatic heterocycles. The highest BCUT2D eigenvalue weighted by Crippen LogP contribution is 2.16. The van der Waals surface area contributed by atoms with Crippen LogP contribution in [0.3, 0.4) is 0 Å². The normalized spacial score (nSPS) is 20.5. The Hall–Kier alpha value is -1.26. The van der Waals surface area contributed by atoms with Crippen molar-refractivity contribution < 1.29 is 13.9 Å². The molecule has 0 amide bonds. The summed E-state index contributed by atoms with van der Waals surface area (Å²) in [5, 5.41) is 0. The zero-order valence-electron chi connectivity index (χ0n) is 11.5. The van der Waals surface area contributed by atoms with Gasteiger partial charge in [0.1, 0.15) is 11.9 Å². The van der Waals surface area contributed by atoms with E-state index in [4.69, 9.17) is 4.74 Å². The quantitative estimate of drug-likeness (QED) is 0.783. The highest BCUT2D eigenvalue weighted by atomic mass is 19.1. The monoisotopic (exact) mass is 265 g/mol. The zero-order chi connectivity index (χ0) is 13.8. The van der Waals surface area contributed by atoms with Gasteiger partial charge in [-0.1, -0.05) is 6.92 Å². The molecule has 3 nitrogen and oxygen atoms in total. The van der Waals surface area contributed by atoms with Gasteiger partial charge in [-0.3, -0.25) is 9.69 Å². The number of carbonyl (C=O) groups excluding carboxylic acids is 1. The minimum atomic E-state index is -0.426. The number of ketones is 1. The molecule has 1 atom stereocenters. The summed E-state index contributed by atoms with van der Waals surface area (Å²) in [6.07, 6.45) is 0.640. The number of morpholine rings is 1. The van der Waals surface area contributed by atoms with Crippen LogP contribution in [0.1, 0.15) is 29.3 Å². The Morgan fingerprint density at radius 3 is 3.00 bits per heavy atom. The predicted octanol–water partition coefficient (Wildman–Crippen LogP) is 2.43. The van der Waals surface area contributed by atoms with E-state index in [0.29, 0.717) is 24.3 Å². The molecular formula is C15H20FNO2. The molecule has 0 radical (unpaired) electrons. The molecular weight excluding hydrogens is 245 g/mol. The SMILES string of the molecule is CCCN1CCOC(C(=O)c2ccc(F)cc2C)C1. The Kier molecular flexibility index (Phi) is 4.66. The average Bonchev–Trinajstić information content (AvgIpc) is 2.39. The summed E-state index contributed by atoms with van der Waals surface area (Å²) in [6, 6.07) is 4.27. The fourth-order valence-corrected chi connectivity index (χ4v) is 2.46. The summed E-state index contributed by atoms with van der Waals surface area (Å²) in [5.74, 6) is -0.357. The Labute approximate surface area is 113 Å². The van der Waals surface area contributed by atoms with Crippen LogP contribution in [0.2, 0.25) is 0 Å². The van der Waals surface area contributed by atoms with E-state index < -0.39 is 6.10 Å². The first-order chi connectivity index (χ1) is 9.11. The number of Topliss-reactive ketones (excluding diaryl/α,β-unsaturated/α-hetero) is 1. The number of ether oxygens (including phenoxy) is 1. The van der Waals surface area contributed by atoms with Crippen LogP contribution in [0.4, 0.5) is 4.39 Å². The van der Waals surface area contributed by atoms with Crippen LogP contribution in [0.25, 0.3) is 0 Å². The maximum absolute atomic E-state index is 13.1. The van der Waals surface area contributed by atoms with Gasteiger partial charge in [0.05, 0.1) is 6.61 Å². The third-order valence-corrected chi connectivity index (χ3v) is 3.44. The number of carbonyl (C=O) groups is 1. The smallest absolute Gasteiger partial charge is 0.193 e. The molecule has 104 valence electrons. The van der Waals surface area contributed by atoms with E-state index >= 15 is 0 Å². The summed E-state index contributed by atoms with van der Waals surface area (Å²) >= 11 is 0. The van der Waals surface area contributed by atoms with Crippen molar-refractivity contribution in [1.29, 1.82) is 0 Å². The van der Waals surface area contributed by atoms with Crippen molar-refractivity contribution in [3.8, 4) is 0 Å². The molecule has 0 N–H and O–H groups in total. The van der Waals surface area contributed by atoms with E-state index in [1.54, 1.807) is 13.0 Å². The topological polar surface area (TPSA) is 29.5 Å². The number of benzene rings is 1. The van der Waals surface area contributed by atoms with E-state index in [2.05, 4.69) is 11.8 Å². The van der Waals surface area contributed by atoms with Gasteiger partial charge in [-0.15, -0.1) is 0 Å². The lowest BCUT2D eigenvalue weighted by Gasteiger charge is -2.32. The van der Waals surface area contributed by atoms with E-state index in [1.807, 2.05) is 0 Å². The Balaban J connectivity index is 2.10. The Bertz CT molecular complexity index is 459. The summed E-state index contributed by atoms with van der Waals surface area (Å²) in [4.78, 5) is 14.6. The molecule has 19 heavy (non-hydrogen) atoms. The zero-order valence-corrected chi connectivity index (χ0v) is 11.5. The Morgan fingerprint density at radius 1 is 1.53 bits per heavy atom. The number of hydrogen-bond donors (Lipinski definition) is 0. The molecule has 4 heteroatoms. The number of nitrogens with zero attached hydrogens (tertiary/aromatic N) is 1. The lowest BCUT2D eigenvalue weighted by atomic mass is 10.00. The van der Waals surface area contributed by atoms with Crippen molar-refractivity contribution in [3.63, 3.8) is 0 Å². The van der Waals surface area contributed by atoms with Gasteiger partial charge in [-0.25, -0.2) is 4.39 Å². The molecule has 1 aromatic carbocycles. The van der Waals surface area contributed by atoms with Gasteiger partial charge in [0.2, 0.25) is 0 Å². The van der Waals surface area contributed by atoms with Crippen LogP contribution >= 0.6 is 0 Å². The van der Waals surface area contributed by atoms with E-state index in [0.717, 1.165) is 19.5 Å². The predicted molar refractivity (Wildman–Crippen MR) is 71.9 cm³/mol. The molecule has 0 spiro atoms. The maximum Gasteiger partial charge on any atom is 0.193 e. The van der Waals surface area contributed by atoms with Crippen LogP contribution in [0, 0.1) is 12.7 Å². The van der Waals surface area contributed by atoms with Gasteiger partial charge >= 0.3 is 0 Å². The molecule has 1 heterocycles. The first-order valence-electron chi connectivity index (χ1n) is 6.76.